The fourth-order valence-electron chi connectivity index (χ4n) is 1.46. The van der Waals surface area contributed by atoms with Crippen LogP contribution in [0.2, 0.25) is 0 Å². The van der Waals surface area contributed by atoms with Gasteiger partial charge in [-0.25, -0.2) is 14.5 Å². The number of aromatic carboxylic acids is 1. The Hall–Kier alpha value is -1.89. The van der Waals surface area contributed by atoms with E-state index in [2.05, 4.69) is 15.4 Å². The minimum absolute atomic E-state index is 0.0522. The molecule has 0 aliphatic carbocycles. The molecule has 2 N–H and O–H groups in total. The number of carboxylic acid groups (broad SMARTS) is 1. The second-order valence-corrected chi connectivity index (χ2v) is 4.58. The number of hydrogen-bond donors (Lipinski definition) is 2. The third-order valence-corrected chi connectivity index (χ3v) is 3.08. The van der Waals surface area contributed by atoms with Crippen molar-refractivity contribution in [2.24, 2.45) is 0 Å². The lowest BCUT2D eigenvalue weighted by Gasteiger charge is -2.06. The molecular weight excluding hydrogens is 240 g/mol. The van der Waals surface area contributed by atoms with Gasteiger partial charge in [0.15, 0.2) is 5.69 Å². The minimum Gasteiger partial charge on any atom is -0.476 e. The van der Waals surface area contributed by atoms with Crippen molar-refractivity contribution in [2.45, 2.75) is 20.4 Å². The molecule has 90 valence electrons. The first-order valence-electron chi connectivity index (χ1n) is 5.11. The van der Waals surface area contributed by atoms with Gasteiger partial charge in [-0.2, -0.15) is 5.10 Å². The second kappa shape index (κ2) is 4.54. The number of thiazole rings is 1. The number of aromatic nitrogens is 3. The molecule has 2 heterocycles. The molecule has 0 aliphatic heterocycles. The lowest BCUT2D eigenvalue weighted by Crippen LogP contribution is -2.05. The molecule has 17 heavy (non-hydrogen) atoms. The van der Waals surface area contributed by atoms with E-state index in [1.165, 1.54) is 11.3 Å². The van der Waals surface area contributed by atoms with E-state index in [0.717, 1.165) is 12.4 Å². The van der Waals surface area contributed by atoms with E-state index in [-0.39, 0.29) is 5.69 Å². The first-order chi connectivity index (χ1) is 8.11. The summed E-state index contributed by atoms with van der Waals surface area (Å²) in [5.74, 6) is -0.266. The van der Waals surface area contributed by atoms with Gasteiger partial charge in [0, 0.05) is 12.6 Å². The molecule has 0 saturated carbocycles. The van der Waals surface area contributed by atoms with Gasteiger partial charge in [0.05, 0.1) is 11.2 Å². The number of hydrogen-bond acceptors (Lipinski definition) is 5. The van der Waals surface area contributed by atoms with Crippen LogP contribution < -0.4 is 5.32 Å². The number of carboxylic acids is 1. The predicted molar refractivity (Wildman–Crippen MR) is 65.0 cm³/mol. The molecule has 0 saturated heterocycles. The van der Waals surface area contributed by atoms with Crippen molar-refractivity contribution in [3.63, 3.8) is 0 Å². The summed E-state index contributed by atoms with van der Waals surface area (Å²) in [6.07, 6.45) is 1.67. The summed E-state index contributed by atoms with van der Waals surface area (Å²) < 4.78 is 1.75. The van der Waals surface area contributed by atoms with E-state index in [9.17, 15) is 4.79 Å². The van der Waals surface area contributed by atoms with E-state index in [4.69, 9.17) is 5.11 Å². The molecule has 2 aromatic heterocycles. The number of anilines is 2. The molecule has 0 fully saturated rings. The third-order valence-electron chi connectivity index (χ3n) is 2.19. The van der Waals surface area contributed by atoms with E-state index in [0.29, 0.717) is 10.0 Å². The van der Waals surface area contributed by atoms with Gasteiger partial charge in [0.25, 0.3) is 0 Å². The van der Waals surface area contributed by atoms with E-state index >= 15 is 0 Å². The van der Waals surface area contributed by atoms with Crippen molar-refractivity contribution < 1.29 is 9.90 Å². The summed E-state index contributed by atoms with van der Waals surface area (Å²) in [6, 6.07) is 1.80. The maximum Gasteiger partial charge on any atom is 0.357 e. The van der Waals surface area contributed by atoms with Gasteiger partial charge in [-0.3, -0.25) is 0 Å². The lowest BCUT2D eigenvalue weighted by atomic mass is 10.4. The number of nitrogens with zero attached hydrogens (tertiary/aromatic N) is 3. The van der Waals surface area contributed by atoms with Crippen LogP contribution in [0.4, 0.5) is 10.8 Å². The van der Waals surface area contributed by atoms with Crippen LogP contribution in [0.15, 0.2) is 12.3 Å². The summed E-state index contributed by atoms with van der Waals surface area (Å²) >= 11 is 1.32. The van der Waals surface area contributed by atoms with Crippen LogP contribution in [0.25, 0.3) is 0 Å². The highest BCUT2D eigenvalue weighted by molar-refractivity contribution is 7.16. The second-order valence-electron chi connectivity index (χ2n) is 3.37. The predicted octanol–water partition coefficient (Wildman–Crippen LogP) is 2.11. The van der Waals surface area contributed by atoms with Crippen LogP contribution in [0.1, 0.15) is 22.4 Å². The standard InChI is InChI=1S/C10H12N4O2S/c1-3-14-7(4-5-11-14)13-9-8(10(15)16)12-6(2)17-9/h4-5,13H,3H2,1-2H3,(H,15,16). The lowest BCUT2D eigenvalue weighted by molar-refractivity contribution is 0.0692. The highest BCUT2D eigenvalue weighted by Crippen LogP contribution is 2.27. The van der Waals surface area contributed by atoms with E-state index in [1.807, 2.05) is 6.92 Å². The average molecular weight is 252 g/mol. The molecule has 0 amide bonds. The van der Waals surface area contributed by atoms with Gasteiger partial charge in [-0.15, -0.1) is 11.3 Å². The van der Waals surface area contributed by atoms with Gasteiger partial charge in [-0.1, -0.05) is 0 Å². The Kier molecular flexibility index (Phi) is 3.10. The quantitative estimate of drug-likeness (QED) is 0.871. The number of aryl methyl sites for hydroxylation is 2. The summed E-state index contributed by atoms with van der Waals surface area (Å²) in [5, 5.41) is 17.4. The van der Waals surface area contributed by atoms with Crippen molar-refractivity contribution in [3.05, 3.63) is 23.0 Å². The van der Waals surface area contributed by atoms with E-state index in [1.54, 1.807) is 23.9 Å². The zero-order valence-corrected chi connectivity index (χ0v) is 10.3. The van der Waals surface area contributed by atoms with Crippen molar-refractivity contribution >= 4 is 28.1 Å². The molecule has 7 heteroatoms. The van der Waals surface area contributed by atoms with Gasteiger partial charge >= 0.3 is 5.97 Å². The maximum atomic E-state index is 11.0. The van der Waals surface area contributed by atoms with Crippen molar-refractivity contribution in [1.82, 2.24) is 14.8 Å². The van der Waals surface area contributed by atoms with Crippen LogP contribution in [0.3, 0.4) is 0 Å². The normalized spacial score (nSPS) is 10.5. The summed E-state index contributed by atoms with van der Waals surface area (Å²) in [7, 11) is 0. The Morgan fingerprint density at radius 3 is 3.06 bits per heavy atom. The molecule has 0 aliphatic rings. The highest BCUT2D eigenvalue weighted by atomic mass is 32.1. The summed E-state index contributed by atoms with van der Waals surface area (Å²) in [4.78, 5) is 15.0. The van der Waals surface area contributed by atoms with Crippen LogP contribution >= 0.6 is 11.3 Å². The Labute approximate surface area is 102 Å². The SMILES string of the molecule is CCn1nccc1Nc1sc(C)nc1C(=O)O. The van der Waals surface area contributed by atoms with Crippen LogP contribution in [0, 0.1) is 6.92 Å². The zero-order chi connectivity index (χ0) is 12.4. The fraction of sp³-hybridized carbons (Fsp3) is 0.300. The monoisotopic (exact) mass is 252 g/mol. The van der Waals surface area contributed by atoms with Crippen molar-refractivity contribution in [3.8, 4) is 0 Å². The van der Waals surface area contributed by atoms with Crippen LogP contribution in [-0.4, -0.2) is 25.8 Å². The van der Waals surface area contributed by atoms with Gasteiger partial charge in [0.2, 0.25) is 0 Å². The number of nitrogens with one attached hydrogen (secondary N) is 1. The minimum atomic E-state index is -1.03. The molecular formula is C10H12N4O2S. The van der Waals surface area contributed by atoms with Gasteiger partial charge in [0.1, 0.15) is 10.8 Å². The van der Waals surface area contributed by atoms with E-state index < -0.39 is 5.97 Å². The topological polar surface area (TPSA) is 80.0 Å². The molecule has 0 bridgehead atoms. The first-order valence-corrected chi connectivity index (χ1v) is 5.93. The number of rotatable bonds is 4. The largest absolute Gasteiger partial charge is 0.476 e. The molecule has 2 rings (SSSR count). The molecule has 0 unspecified atom stereocenters. The molecule has 0 atom stereocenters. The summed E-state index contributed by atoms with van der Waals surface area (Å²) in [6.45, 7) is 4.46. The first kappa shape index (κ1) is 11.6. The highest BCUT2D eigenvalue weighted by Gasteiger charge is 2.16. The van der Waals surface area contributed by atoms with Crippen molar-refractivity contribution in [2.75, 3.05) is 5.32 Å². The Morgan fingerprint density at radius 1 is 1.65 bits per heavy atom. The Morgan fingerprint density at radius 2 is 2.41 bits per heavy atom. The average Bonchev–Trinajstić information content (AvgIpc) is 2.85. The molecule has 0 aromatic carbocycles. The molecule has 2 aromatic rings. The molecule has 0 spiro atoms. The maximum absolute atomic E-state index is 11.0. The Bertz CT molecular complexity index is 546. The Balaban J connectivity index is 2.33. The van der Waals surface area contributed by atoms with Crippen LogP contribution in [0.5, 0.6) is 0 Å². The zero-order valence-electron chi connectivity index (χ0n) is 9.47. The van der Waals surface area contributed by atoms with Crippen molar-refractivity contribution in [1.29, 1.82) is 0 Å². The van der Waals surface area contributed by atoms with Gasteiger partial charge in [-0.05, 0) is 13.8 Å². The third kappa shape index (κ3) is 2.28. The summed E-state index contributed by atoms with van der Waals surface area (Å²) in [5.41, 5.74) is 0.0522. The van der Waals surface area contributed by atoms with Crippen LogP contribution in [-0.2, 0) is 6.54 Å². The van der Waals surface area contributed by atoms with Gasteiger partial charge < -0.3 is 10.4 Å². The smallest absolute Gasteiger partial charge is 0.357 e. The molecule has 0 radical (unpaired) electrons. The fourth-order valence-corrected chi connectivity index (χ4v) is 2.28. The number of carbonyl (C=O) groups is 1. The molecule has 6 nitrogen and oxygen atoms in total.